The molecule has 2 aromatic rings. The molecule has 1 fully saturated rings. The second-order valence-corrected chi connectivity index (χ2v) is 6.59. The number of amides is 2. The van der Waals surface area contributed by atoms with Gasteiger partial charge in [-0.25, -0.2) is 4.39 Å². The zero-order valence-corrected chi connectivity index (χ0v) is 13.9. The first-order valence-corrected chi connectivity index (χ1v) is 8.39. The standard InChI is InChI=1S/C18H15ClFN3O2/c19-11-4-5-13(12(20)9-11)21-17(24)10-3-6-15-14(8-10)22-18(25)16-2-1-7-23(15)16/h3-6,8-9,16H,1-2,7H2,(H,21,24)(H,22,25)/t16-/m1/s1. The van der Waals surface area contributed by atoms with Gasteiger partial charge in [-0.05, 0) is 49.2 Å². The lowest BCUT2D eigenvalue weighted by Crippen LogP contribution is -2.43. The molecule has 5 nitrogen and oxygen atoms in total. The fourth-order valence-electron chi connectivity index (χ4n) is 3.36. The Labute approximate surface area is 148 Å². The van der Waals surface area contributed by atoms with Crippen molar-refractivity contribution in [3.8, 4) is 0 Å². The Balaban J connectivity index is 1.60. The second-order valence-electron chi connectivity index (χ2n) is 6.15. The predicted octanol–water partition coefficient (Wildman–Crippen LogP) is 3.65. The minimum Gasteiger partial charge on any atom is -0.358 e. The van der Waals surface area contributed by atoms with E-state index in [0.29, 0.717) is 11.3 Å². The molecule has 0 aliphatic carbocycles. The molecule has 0 spiro atoms. The van der Waals surface area contributed by atoms with Crippen molar-refractivity contribution in [2.45, 2.75) is 18.9 Å². The summed E-state index contributed by atoms with van der Waals surface area (Å²) in [5, 5.41) is 5.63. The van der Waals surface area contributed by atoms with Gasteiger partial charge in [0, 0.05) is 17.1 Å². The molecule has 1 atom stereocenters. The van der Waals surface area contributed by atoms with Crippen molar-refractivity contribution >= 4 is 40.5 Å². The topological polar surface area (TPSA) is 61.4 Å². The lowest BCUT2D eigenvalue weighted by Gasteiger charge is -2.33. The number of carbonyl (C=O) groups is 2. The number of hydrogen-bond donors (Lipinski definition) is 2. The molecule has 2 heterocycles. The highest BCUT2D eigenvalue weighted by Gasteiger charge is 2.36. The number of carbonyl (C=O) groups excluding carboxylic acids is 2. The van der Waals surface area contributed by atoms with Crippen molar-refractivity contribution in [3.05, 3.63) is 52.8 Å². The highest BCUT2D eigenvalue weighted by Crippen LogP contribution is 2.37. The van der Waals surface area contributed by atoms with Crippen LogP contribution in [-0.2, 0) is 4.79 Å². The second kappa shape index (κ2) is 6.04. The molecule has 2 aliphatic rings. The average Bonchev–Trinajstić information content (AvgIpc) is 3.07. The minimum atomic E-state index is -0.605. The van der Waals surface area contributed by atoms with Crippen molar-refractivity contribution in [3.63, 3.8) is 0 Å². The van der Waals surface area contributed by atoms with E-state index in [0.717, 1.165) is 31.1 Å². The molecule has 0 bridgehead atoms. The average molecular weight is 360 g/mol. The maximum Gasteiger partial charge on any atom is 0.255 e. The Morgan fingerprint density at radius 3 is 2.92 bits per heavy atom. The number of anilines is 3. The summed E-state index contributed by atoms with van der Waals surface area (Å²) in [7, 11) is 0. The molecule has 128 valence electrons. The van der Waals surface area contributed by atoms with Gasteiger partial charge in [0.2, 0.25) is 5.91 Å². The predicted molar refractivity (Wildman–Crippen MR) is 94.8 cm³/mol. The van der Waals surface area contributed by atoms with Gasteiger partial charge in [-0.3, -0.25) is 9.59 Å². The lowest BCUT2D eigenvalue weighted by atomic mass is 10.1. The largest absolute Gasteiger partial charge is 0.358 e. The van der Waals surface area contributed by atoms with Crippen LogP contribution in [0.15, 0.2) is 36.4 Å². The number of fused-ring (bicyclic) bond motifs is 3. The van der Waals surface area contributed by atoms with Crippen LogP contribution < -0.4 is 15.5 Å². The zero-order valence-electron chi connectivity index (χ0n) is 13.2. The van der Waals surface area contributed by atoms with Crippen molar-refractivity contribution in [1.29, 1.82) is 0 Å². The number of nitrogens with zero attached hydrogens (tertiary/aromatic N) is 1. The van der Waals surface area contributed by atoms with E-state index >= 15 is 0 Å². The summed E-state index contributed by atoms with van der Waals surface area (Å²) in [4.78, 5) is 26.6. The van der Waals surface area contributed by atoms with Crippen molar-refractivity contribution in [1.82, 2.24) is 0 Å². The van der Waals surface area contributed by atoms with E-state index < -0.39 is 11.7 Å². The SMILES string of the molecule is O=C(Nc1ccc(Cl)cc1F)c1ccc2c(c1)NC(=O)[C@H]1CCCN21. The monoisotopic (exact) mass is 359 g/mol. The number of hydrogen-bond acceptors (Lipinski definition) is 3. The quantitative estimate of drug-likeness (QED) is 0.860. The van der Waals surface area contributed by atoms with Gasteiger partial charge in [0.25, 0.3) is 5.91 Å². The molecule has 0 saturated carbocycles. The van der Waals surface area contributed by atoms with E-state index in [1.165, 1.54) is 12.1 Å². The van der Waals surface area contributed by atoms with Crippen LogP contribution in [0.1, 0.15) is 23.2 Å². The highest BCUT2D eigenvalue weighted by molar-refractivity contribution is 6.30. The van der Waals surface area contributed by atoms with E-state index in [2.05, 4.69) is 15.5 Å². The molecular weight excluding hydrogens is 345 g/mol. The summed E-state index contributed by atoms with van der Waals surface area (Å²) in [6.07, 6.45) is 1.80. The Morgan fingerprint density at radius 2 is 2.12 bits per heavy atom. The summed E-state index contributed by atoms with van der Waals surface area (Å²) in [5.41, 5.74) is 1.91. The van der Waals surface area contributed by atoms with Gasteiger partial charge >= 0.3 is 0 Å². The van der Waals surface area contributed by atoms with E-state index in [4.69, 9.17) is 11.6 Å². The smallest absolute Gasteiger partial charge is 0.255 e. The zero-order chi connectivity index (χ0) is 17.6. The maximum atomic E-state index is 13.8. The summed E-state index contributed by atoms with van der Waals surface area (Å²) in [5.74, 6) is -1.11. The van der Waals surface area contributed by atoms with Gasteiger partial charge in [0.1, 0.15) is 11.9 Å². The fourth-order valence-corrected chi connectivity index (χ4v) is 3.52. The van der Waals surface area contributed by atoms with E-state index in [9.17, 15) is 14.0 Å². The third-order valence-corrected chi connectivity index (χ3v) is 4.80. The first-order valence-electron chi connectivity index (χ1n) is 8.01. The normalized spacial score (nSPS) is 18.4. The van der Waals surface area contributed by atoms with E-state index in [1.54, 1.807) is 12.1 Å². The molecule has 2 aromatic carbocycles. The van der Waals surface area contributed by atoms with E-state index in [1.807, 2.05) is 6.07 Å². The number of halogens is 2. The van der Waals surface area contributed by atoms with Crippen LogP contribution in [0.5, 0.6) is 0 Å². The molecule has 0 unspecified atom stereocenters. The Kier molecular flexibility index (Phi) is 3.84. The lowest BCUT2D eigenvalue weighted by molar-refractivity contribution is -0.117. The fraction of sp³-hybridized carbons (Fsp3) is 0.222. The number of nitrogens with one attached hydrogen (secondary N) is 2. The first kappa shape index (κ1) is 15.9. The van der Waals surface area contributed by atoms with Gasteiger partial charge < -0.3 is 15.5 Å². The first-order chi connectivity index (χ1) is 12.0. The van der Waals surface area contributed by atoms with Gasteiger partial charge in [0.15, 0.2) is 0 Å². The Hall–Kier alpha value is -2.60. The van der Waals surface area contributed by atoms with Gasteiger partial charge in [0.05, 0.1) is 17.1 Å². The molecule has 0 radical (unpaired) electrons. The summed E-state index contributed by atoms with van der Waals surface area (Å²) < 4.78 is 13.8. The van der Waals surface area contributed by atoms with Gasteiger partial charge in [-0.2, -0.15) is 0 Å². The third-order valence-electron chi connectivity index (χ3n) is 4.56. The maximum absolute atomic E-state index is 13.8. The van der Waals surface area contributed by atoms with Gasteiger partial charge in [-0.1, -0.05) is 11.6 Å². The molecule has 2 N–H and O–H groups in total. The molecule has 2 aliphatic heterocycles. The van der Waals surface area contributed by atoms with Crippen LogP contribution in [0.2, 0.25) is 5.02 Å². The van der Waals surface area contributed by atoms with Crippen molar-refractivity contribution < 1.29 is 14.0 Å². The molecule has 1 saturated heterocycles. The molecule has 25 heavy (non-hydrogen) atoms. The third kappa shape index (κ3) is 2.82. The van der Waals surface area contributed by atoms with Crippen LogP contribution in [0.25, 0.3) is 0 Å². The molecule has 2 amide bonds. The van der Waals surface area contributed by atoms with Crippen LogP contribution in [0.3, 0.4) is 0 Å². The van der Waals surface area contributed by atoms with Crippen LogP contribution >= 0.6 is 11.6 Å². The van der Waals surface area contributed by atoms with Crippen LogP contribution in [0.4, 0.5) is 21.5 Å². The number of benzene rings is 2. The Bertz CT molecular complexity index is 887. The van der Waals surface area contributed by atoms with Crippen LogP contribution in [-0.4, -0.2) is 24.4 Å². The summed E-state index contributed by atoms with van der Waals surface area (Å²) >= 11 is 5.71. The van der Waals surface area contributed by atoms with Gasteiger partial charge in [-0.15, -0.1) is 0 Å². The summed E-state index contributed by atoms with van der Waals surface area (Å²) in [6.45, 7) is 0.826. The molecule has 0 aromatic heterocycles. The van der Waals surface area contributed by atoms with E-state index in [-0.39, 0.29) is 22.7 Å². The molecule has 4 rings (SSSR count). The minimum absolute atomic E-state index is 0.0497. The summed E-state index contributed by atoms with van der Waals surface area (Å²) in [6, 6.07) is 9.03. The van der Waals surface area contributed by atoms with Crippen LogP contribution in [0, 0.1) is 5.82 Å². The Morgan fingerprint density at radius 1 is 1.28 bits per heavy atom. The number of rotatable bonds is 2. The molecular formula is C18H15ClFN3O2. The van der Waals surface area contributed by atoms with Crippen molar-refractivity contribution in [2.75, 3.05) is 22.1 Å². The molecule has 7 heteroatoms. The van der Waals surface area contributed by atoms with Crippen molar-refractivity contribution in [2.24, 2.45) is 0 Å². The highest BCUT2D eigenvalue weighted by atomic mass is 35.5.